The Balaban J connectivity index is 1.57. The summed E-state index contributed by atoms with van der Waals surface area (Å²) >= 11 is 0. The van der Waals surface area contributed by atoms with Crippen molar-refractivity contribution in [1.29, 1.82) is 0 Å². The predicted molar refractivity (Wildman–Crippen MR) is 117 cm³/mol. The molecule has 0 saturated carbocycles. The Morgan fingerprint density at radius 2 is 2.13 bits per heavy atom. The van der Waals surface area contributed by atoms with Gasteiger partial charge in [0.05, 0.1) is 12.2 Å². The van der Waals surface area contributed by atoms with Crippen LogP contribution < -0.4 is 10.2 Å². The number of fused-ring (bicyclic) bond motifs is 1. The van der Waals surface area contributed by atoms with Gasteiger partial charge in [-0.25, -0.2) is 4.39 Å². The maximum Gasteiger partial charge on any atom is 0.241 e. The van der Waals surface area contributed by atoms with E-state index in [2.05, 4.69) is 36.0 Å². The van der Waals surface area contributed by atoms with Gasteiger partial charge in [-0.05, 0) is 43.2 Å². The Morgan fingerprint density at radius 3 is 2.87 bits per heavy atom. The maximum atomic E-state index is 13.4. The summed E-state index contributed by atoms with van der Waals surface area (Å²) in [6.07, 6.45) is 2.54. The number of halogens is 1. The van der Waals surface area contributed by atoms with Crippen molar-refractivity contribution in [3.8, 4) is 0 Å². The number of benzene rings is 1. The zero-order chi connectivity index (χ0) is 21.5. The topological polar surface area (TPSA) is 48.5 Å². The average Bonchev–Trinajstić information content (AvgIpc) is 2.95. The number of piperazine rings is 1. The lowest BCUT2D eigenvalue weighted by Gasteiger charge is -2.32. The molecule has 1 N–H and O–H groups in total. The molecular weight excluding hydrogens is 379 g/mol. The van der Waals surface area contributed by atoms with Crippen molar-refractivity contribution < 1.29 is 9.18 Å². The Morgan fingerprint density at radius 1 is 1.33 bits per heavy atom. The first-order valence-electron chi connectivity index (χ1n) is 10.7. The summed E-state index contributed by atoms with van der Waals surface area (Å²) in [6, 6.07) is 7.31. The maximum absolute atomic E-state index is 13.4. The van der Waals surface area contributed by atoms with Crippen LogP contribution in [0.1, 0.15) is 43.2 Å². The van der Waals surface area contributed by atoms with Crippen molar-refractivity contribution in [3.05, 3.63) is 58.7 Å². The van der Waals surface area contributed by atoms with Crippen LogP contribution in [0.15, 0.2) is 30.5 Å². The smallest absolute Gasteiger partial charge is 0.241 e. The number of nitrogens with zero attached hydrogens (tertiary/aromatic N) is 3. The van der Waals surface area contributed by atoms with Crippen LogP contribution in [-0.2, 0) is 16.6 Å². The average molecular weight is 411 g/mol. The first kappa shape index (κ1) is 20.9. The van der Waals surface area contributed by atoms with E-state index in [1.807, 2.05) is 30.2 Å². The predicted octanol–water partition coefficient (Wildman–Crippen LogP) is 3.04. The second kappa shape index (κ2) is 8.08. The lowest BCUT2D eigenvalue weighted by atomic mass is 9.88. The minimum atomic E-state index is -0.223. The molecule has 5 nitrogen and oxygen atoms in total. The van der Waals surface area contributed by atoms with Gasteiger partial charge in [-0.1, -0.05) is 19.9 Å². The summed E-state index contributed by atoms with van der Waals surface area (Å²) < 4.78 is 13.4. The van der Waals surface area contributed by atoms with Gasteiger partial charge in [-0.2, -0.15) is 0 Å². The van der Waals surface area contributed by atoms with Gasteiger partial charge in [0.1, 0.15) is 5.82 Å². The molecule has 160 valence electrons. The van der Waals surface area contributed by atoms with E-state index in [0.29, 0.717) is 25.6 Å². The first-order valence-corrected chi connectivity index (χ1v) is 10.7. The molecular formula is C24H31FN4O. The highest BCUT2D eigenvalue weighted by atomic mass is 19.1. The van der Waals surface area contributed by atoms with E-state index in [-0.39, 0.29) is 17.1 Å². The highest BCUT2D eigenvalue weighted by Gasteiger charge is 2.39. The summed E-state index contributed by atoms with van der Waals surface area (Å²) in [6.45, 7) is 12.2. The number of aromatic nitrogens is 1. The summed E-state index contributed by atoms with van der Waals surface area (Å²) in [5.74, 6) is -0.0787. The van der Waals surface area contributed by atoms with Crippen LogP contribution in [0.3, 0.4) is 0 Å². The number of carbonyl (C=O) groups excluding carboxylic acids is 1. The number of carbonyl (C=O) groups is 1. The summed E-state index contributed by atoms with van der Waals surface area (Å²) in [5.41, 5.74) is 4.82. The molecule has 2 aromatic rings. The molecule has 1 aromatic carbocycles. The molecule has 4 rings (SSSR count). The molecule has 3 heterocycles. The number of pyridine rings is 1. The van der Waals surface area contributed by atoms with Gasteiger partial charge >= 0.3 is 0 Å². The molecule has 0 radical (unpaired) electrons. The third kappa shape index (κ3) is 4.25. The largest absolute Gasteiger partial charge is 0.312 e. The molecule has 30 heavy (non-hydrogen) atoms. The van der Waals surface area contributed by atoms with E-state index in [9.17, 15) is 9.18 Å². The normalized spacial score (nSPS) is 21.0. The number of amides is 1. The second-order valence-electron chi connectivity index (χ2n) is 9.39. The Bertz CT molecular complexity index is 958. The van der Waals surface area contributed by atoms with Gasteiger partial charge in [-0.15, -0.1) is 0 Å². The van der Waals surface area contributed by atoms with Crippen molar-refractivity contribution in [2.24, 2.45) is 0 Å². The number of aryl methyl sites for hydroxylation is 1. The van der Waals surface area contributed by atoms with Gasteiger partial charge in [0, 0.05) is 61.5 Å². The highest BCUT2D eigenvalue weighted by molar-refractivity contribution is 5.97. The molecule has 1 amide bonds. The fourth-order valence-electron chi connectivity index (χ4n) is 4.60. The lowest BCUT2D eigenvalue weighted by Crippen LogP contribution is -2.52. The van der Waals surface area contributed by atoms with Gasteiger partial charge in [0.15, 0.2) is 0 Å². The Labute approximate surface area is 178 Å². The molecule has 2 aliphatic heterocycles. The molecule has 1 fully saturated rings. The quantitative estimate of drug-likeness (QED) is 0.842. The van der Waals surface area contributed by atoms with E-state index in [4.69, 9.17) is 0 Å². The molecule has 0 aliphatic carbocycles. The van der Waals surface area contributed by atoms with Crippen molar-refractivity contribution in [3.63, 3.8) is 0 Å². The van der Waals surface area contributed by atoms with Crippen LogP contribution in [-0.4, -0.2) is 54.6 Å². The molecule has 0 spiro atoms. The van der Waals surface area contributed by atoms with Crippen molar-refractivity contribution in [2.45, 2.75) is 45.6 Å². The third-order valence-electron chi connectivity index (χ3n) is 6.30. The number of hydrogen-bond donors (Lipinski definition) is 1. The van der Waals surface area contributed by atoms with Crippen molar-refractivity contribution in [2.75, 3.05) is 37.6 Å². The fourth-order valence-corrected chi connectivity index (χ4v) is 4.60. The summed E-state index contributed by atoms with van der Waals surface area (Å²) in [5, 5.41) is 3.42. The Hall–Kier alpha value is -2.31. The first-order chi connectivity index (χ1) is 14.2. The van der Waals surface area contributed by atoms with Crippen molar-refractivity contribution in [1.82, 2.24) is 15.2 Å². The molecule has 0 unspecified atom stereocenters. The van der Waals surface area contributed by atoms with Crippen molar-refractivity contribution >= 4 is 11.6 Å². The number of nitrogens with one attached hydrogen (secondary N) is 1. The number of hydrogen-bond acceptors (Lipinski definition) is 4. The van der Waals surface area contributed by atoms with Gasteiger partial charge in [0.25, 0.3) is 0 Å². The fraction of sp³-hybridized carbons (Fsp3) is 0.500. The van der Waals surface area contributed by atoms with Gasteiger partial charge in [-0.3, -0.25) is 14.7 Å². The van der Waals surface area contributed by atoms with Crippen LogP contribution in [0, 0.1) is 12.7 Å². The zero-order valence-electron chi connectivity index (χ0n) is 18.3. The minimum absolute atomic E-state index is 0.126. The highest BCUT2D eigenvalue weighted by Crippen LogP contribution is 2.40. The molecule has 2 aliphatic rings. The monoisotopic (exact) mass is 410 g/mol. The minimum Gasteiger partial charge on any atom is -0.312 e. The zero-order valence-corrected chi connectivity index (χ0v) is 18.3. The molecule has 0 bridgehead atoms. The Kier molecular flexibility index (Phi) is 5.64. The van der Waals surface area contributed by atoms with Crippen LogP contribution in [0.4, 0.5) is 10.1 Å². The lowest BCUT2D eigenvalue weighted by molar-refractivity contribution is -0.120. The molecule has 6 heteroatoms. The van der Waals surface area contributed by atoms with Gasteiger partial charge < -0.3 is 10.2 Å². The van der Waals surface area contributed by atoms with Crippen LogP contribution >= 0.6 is 0 Å². The number of anilines is 1. The number of rotatable bonds is 4. The molecule has 1 saturated heterocycles. The second-order valence-corrected chi connectivity index (χ2v) is 9.39. The molecule has 1 aromatic heterocycles. The SMILES string of the molecule is Cc1cc(F)ccc1Cc1cc2c(cn1)C(C)(C)CN2C(=O)CN1CCN[C@H](C)C1. The van der Waals surface area contributed by atoms with E-state index in [0.717, 1.165) is 47.7 Å². The van der Waals surface area contributed by atoms with E-state index in [1.165, 1.54) is 6.07 Å². The summed E-state index contributed by atoms with van der Waals surface area (Å²) in [7, 11) is 0. The van der Waals surface area contributed by atoms with E-state index < -0.39 is 0 Å². The standard InChI is InChI=1S/C24H31FN4O/c1-16-9-19(25)6-5-18(16)10-20-11-22-21(12-27-20)24(3,4)15-29(22)23(30)14-28-8-7-26-17(2)13-28/h5-6,9,11-12,17,26H,7-8,10,13-15H2,1-4H3/t17-/m1/s1. The summed E-state index contributed by atoms with van der Waals surface area (Å²) in [4.78, 5) is 22.1. The van der Waals surface area contributed by atoms with Crippen LogP contribution in [0.25, 0.3) is 0 Å². The van der Waals surface area contributed by atoms with E-state index >= 15 is 0 Å². The van der Waals surface area contributed by atoms with E-state index in [1.54, 1.807) is 6.07 Å². The van der Waals surface area contributed by atoms with Crippen LogP contribution in [0.5, 0.6) is 0 Å². The molecule has 1 atom stereocenters. The van der Waals surface area contributed by atoms with Gasteiger partial charge in [0.2, 0.25) is 5.91 Å². The van der Waals surface area contributed by atoms with Crippen LogP contribution in [0.2, 0.25) is 0 Å². The third-order valence-corrected chi connectivity index (χ3v) is 6.30.